The second kappa shape index (κ2) is 19.9. The summed E-state index contributed by atoms with van der Waals surface area (Å²) in [6.45, 7) is 5.76. The van der Waals surface area contributed by atoms with Gasteiger partial charge in [0.15, 0.2) is 0 Å². The zero-order valence-corrected chi connectivity index (χ0v) is 23.4. The molecule has 0 spiro atoms. The van der Waals surface area contributed by atoms with Gasteiger partial charge in [0, 0.05) is 12.3 Å². The number of nitrogens with one attached hydrogen (secondary N) is 2. The standard InChI is InChI=1S/C30H52N2O2S/c1-3-5-6-7-8-9-10-11-12-13-14-15-16-17-18-19-24-31-29(33)28-25-35-30(32-28)26-20-22-27(23-21-26)34-4-2/h20-23,28,30,32H,3-19,24-25H2,1-2H3,(H,31,33)/t28-,30?/m0/s1. The summed E-state index contributed by atoms with van der Waals surface area (Å²) in [6, 6.07) is 8.09. The SMILES string of the molecule is CCCCCCCCCCCCCCCCCCNC(=O)[C@@H]1CSC(c2ccc(OCC)cc2)N1. The van der Waals surface area contributed by atoms with Crippen molar-refractivity contribution in [3.63, 3.8) is 0 Å². The first-order valence-electron chi connectivity index (χ1n) is 14.6. The molecule has 0 aliphatic carbocycles. The molecule has 1 saturated heterocycles. The highest BCUT2D eigenvalue weighted by atomic mass is 32.2. The highest BCUT2D eigenvalue weighted by Crippen LogP contribution is 2.33. The monoisotopic (exact) mass is 504 g/mol. The van der Waals surface area contributed by atoms with Crippen molar-refractivity contribution in [1.82, 2.24) is 10.6 Å². The number of thioether (sulfide) groups is 1. The number of carbonyl (C=O) groups is 1. The van der Waals surface area contributed by atoms with Crippen molar-refractivity contribution in [3.8, 4) is 5.75 Å². The summed E-state index contributed by atoms with van der Waals surface area (Å²) in [4.78, 5) is 12.5. The average molecular weight is 505 g/mol. The van der Waals surface area contributed by atoms with Crippen LogP contribution in [-0.4, -0.2) is 30.9 Å². The average Bonchev–Trinajstić information content (AvgIpc) is 3.37. The summed E-state index contributed by atoms with van der Waals surface area (Å²) in [5.41, 5.74) is 1.20. The van der Waals surface area contributed by atoms with E-state index < -0.39 is 0 Å². The Hall–Kier alpha value is -1.20. The quantitative estimate of drug-likeness (QED) is 0.166. The molecule has 5 heteroatoms. The summed E-state index contributed by atoms with van der Waals surface area (Å²) in [7, 11) is 0. The van der Waals surface area contributed by atoms with E-state index in [1.54, 1.807) is 11.8 Å². The lowest BCUT2D eigenvalue weighted by atomic mass is 10.0. The molecule has 1 aliphatic rings. The molecule has 0 aromatic heterocycles. The Morgan fingerprint density at radius 3 is 1.86 bits per heavy atom. The summed E-state index contributed by atoms with van der Waals surface area (Å²) < 4.78 is 5.52. The van der Waals surface area contributed by atoms with E-state index in [2.05, 4.69) is 29.7 Å². The third-order valence-corrected chi connectivity index (χ3v) is 8.19. The molecule has 1 aromatic carbocycles. The molecule has 1 aromatic rings. The van der Waals surface area contributed by atoms with Gasteiger partial charge in [-0.05, 0) is 31.0 Å². The van der Waals surface area contributed by atoms with Crippen LogP contribution in [-0.2, 0) is 4.79 Å². The molecule has 1 amide bonds. The lowest BCUT2D eigenvalue weighted by Crippen LogP contribution is -2.42. The highest BCUT2D eigenvalue weighted by Gasteiger charge is 2.30. The number of amides is 1. The Kier molecular flexibility index (Phi) is 17.1. The number of unbranched alkanes of at least 4 members (excludes halogenated alkanes) is 15. The third kappa shape index (κ3) is 13.6. The van der Waals surface area contributed by atoms with Crippen LogP contribution in [0, 0.1) is 0 Å². The molecular formula is C30H52N2O2S. The Morgan fingerprint density at radius 2 is 1.34 bits per heavy atom. The van der Waals surface area contributed by atoms with Gasteiger partial charge in [0.2, 0.25) is 5.91 Å². The fourth-order valence-corrected chi connectivity index (χ4v) is 5.97. The fourth-order valence-electron chi connectivity index (χ4n) is 4.73. The third-order valence-electron chi connectivity index (χ3n) is 6.92. The number of benzene rings is 1. The predicted octanol–water partition coefficient (Wildman–Crippen LogP) is 8.17. The second-order valence-corrected chi connectivity index (χ2v) is 11.2. The Labute approximate surface area is 220 Å². The molecule has 35 heavy (non-hydrogen) atoms. The normalized spacial score (nSPS) is 17.5. The van der Waals surface area contributed by atoms with Crippen LogP contribution in [0.4, 0.5) is 0 Å². The highest BCUT2D eigenvalue weighted by molar-refractivity contribution is 7.99. The van der Waals surface area contributed by atoms with E-state index in [1.165, 1.54) is 102 Å². The smallest absolute Gasteiger partial charge is 0.238 e. The maximum Gasteiger partial charge on any atom is 0.238 e. The largest absolute Gasteiger partial charge is 0.494 e. The van der Waals surface area contributed by atoms with Gasteiger partial charge in [0.25, 0.3) is 0 Å². The first-order valence-corrected chi connectivity index (χ1v) is 15.7. The van der Waals surface area contributed by atoms with E-state index in [-0.39, 0.29) is 17.3 Å². The Bertz CT molecular complexity index is 652. The summed E-state index contributed by atoms with van der Waals surface area (Å²) >= 11 is 1.80. The van der Waals surface area contributed by atoms with Gasteiger partial charge in [0.1, 0.15) is 5.75 Å². The molecule has 0 radical (unpaired) electrons. The van der Waals surface area contributed by atoms with Crippen LogP contribution < -0.4 is 15.4 Å². The minimum atomic E-state index is -0.0994. The van der Waals surface area contributed by atoms with E-state index in [1.807, 2.05) is 19.1 Å². The lowest BCUT2D eigenvalue weighted by molar-refractivity contribution is -0.122. The van der Waals surface area contributed by atoms with Crippen LogP contribution in [0.5, 0.6) is 5.75 Å². The zero-order valence-electron chi connectivity index (χ0n) is 22.6. The molecule has 4 nitrogen and oxygen atoms in total. The first kappa shape index (κ1) is 30.0. The van der Waals surface area contributed by atoms with Crippen molar-refractivity contribution in [2.75, 3.05) is 18.9 Å². The molecule has 0 bridgehead atoms. The minimum absolute atomic E-state index is 0.0994. The van der Waals surface area contributed by atoms with Crippen molar-refractivity contribution >= 4 is 17.7 Å². The van der Waals surface area contributed by atoms with Crippen LogP contribution >= 0.6 is 11.8 Å². The minimum Gasteiger partial charge on any atom is -0.494 e. The molecular weight excluding hydrogens is 452 g/mol. The lowest BCUT2D eigenvalue weighted by Gasteiger charge is -2.14. The van der Waals surface area contributed by atoms with Crippen molar-refractivity contribution in [1.29, 1.82) is 0 Å². The van der Waals surface area contributed by atoms with E-state index in [0.29, 0.717) is 6.61 Å². The van der Waals surface area contributed by atoms with Gasteiger partial charge in [-0.1, -0.05) is 115 Å². The molecule has 1 aliphatic heterocycles. The van der Waals surface area contributed by atoms with Gasteiger partial charge in [-0.15, -0.1) is 11.8 Å². The van der Waals surface area contributed by atoms with Crippen molar-refractivity contribution in [2.24, 2.45) is 0 Å². The summed E-state index contributed by atoms with van der Waals surface area (Å²) in [6.07, 6.45) is 22.0. The molecule has 2 rings (SSSR count). The van der Waals surface area contributed by atoms with E-state index in [9.17, 15) is 4.79 Å². The fraction of sp³-hybridized carbons (Fsp3) is 0.767. The number of rotatable bonds is 21. The summed E-state index contributed by atoms with van der Waals surface area (Å²) in [5, 5.41) is 6.79. The van der Waals surface area contributed by atoms with Gasteiger partial charge in [-0.25, -0.2) is 0 Å². The molecule has 0 saturated carbocycles. The summed E-state index contributed by atoms with van der Waals surface area (Å²) in [5.74, 6) is 1.86. The van der Waals surface area contributed by atoms with Crippen LogP contribution in [0.15, 0.2) is 24.3 Å². The van der Waals surface area contributed by atoms with Crippen molar-refractivity contribution < 1.29 is 9.53 Å². The zero-order chi connectivity index (χ0) is 25.0. The van der Waals surface area contributed by atoms with Gasteiger partial charge >= 0.3 is 0 Å². The van der Waals surface area contributed by atoms with Gasteiger partial charge in [-0.3, -0.25) is 10.1 Å². The number of ether oxygens (including phenoxy) is 1. The Balaban J connectivity index is 1.37. The number of hydrogen-bond acceptors (Lipinski definition) is 4. The molecule has 2 N–H and O–H groups in total. The maximum atomic E-state index is 12.5. The van der Waals surface area contributed by atoms with Gasteiger partial charge < -0.3 is 10.1 Å². The van der Waals surface area contributed by atoms with E-state index in [4.69, 9.17) is 4.74 Å². The molecule has 1 unspecified atom stereocenters. The molecule has 2 atom stereocenters. The number of hydrogen-bond donors (Lipinski definition) is 2. The topological polar surface area (TPSA) is 50.4 Å². The molecule has 1 heterocycles. The van der Waals surface area contributed by atoms with Crippen molar-refractivity contribution in [2.45, 2.75) is 128 Å². The predicted molar refractivity (Wildman–Crippen MR) is 152 cm³/mol. The van der Waals surface area contributed by atoms with Gasteiger partial charge in [0.05, 0.1) is 18.0 Å². The van der Waals surface area contributed by atoms with Gasteiger partial charge in [-0.2, -0.15) is 0 Å². The maximum absolute atomic E-state index is 12.5. The van der Waals surface area contributed by atoms with Crippen LogP contribution in [0.1, 0.15) is 128 Å². The number of carbonyl (C=O) groups excluding carboxylic acids is 1. The van der Waals surface area contributed by atoms with Crippen molar-refractivity contribution in [3.05, 3.63) is 29.8 Å². The Morgan fingerprint density at radius 1 is 0.829 bits per heavy atom. The second-order valence-electron chi connectivity index (χ2n) is 10.0. The molecule has 200 valence electrons. The molecule has 1 fully saturated rings. The van der Waals surface area contributed by atoms with Crippen LogP contribution in [0.2, 0.25) is 0 Å². The van der Waals surface area contributed by atoms with E-state index in [0.717, 1.165) is 24.5 Å². The first-order chi connectivity index (χ1) is 17.2. The van der Waals surface area contributed by atoms with Crippen LogP contribution in [0.25, 0.3) is 0 Å². The van der Waals surface area contributed by atoms with E-state index >= 15 is 0 Å². The van der Waals surface area contributed by atoms with Crippen LogP contribution in [0.3, 0.4) is 0 Å².